The van der Waals surface area contributed by atoms with Crippen LogP contribution < -0.4 is 11.1 Å². The number of nitrogens with one attached hydrogen (secondary N) is 1. The molecule has 1 fully saturated rings. The molecule has 3 N–H and O–H groups in total. The van der Waals surface area contributed by atoms with Gasteiger partial charge in [-0.1, -0.05) is 6.92 Å². The van der Waals surface area contributed by atoms with Crippen LogP contribution in [0.3, 0.4) is 0 Å². The second kappa shape index (κ2) is 7.75. The van der Waals surface area contributed by atoms with Crippen LogP contribution in [0.5, 0.6) is 0 Å². The smallest absolute Gasteiger partial charge is 0.188 e. The number of hydrogen-bond acceptors (Lipinski definition) is 4. The lowest BCUT2D eigenvalue weighted by atomic mass is 10.2. The summed E-state index contributed by atoms with van der Waals surface area (Å²) in [6.45, 7) is 10.3. The first-order valence-electron chi connectivity index (χ1n) is 7.81. The number of nitrogens with zero attached hydrogens (tertiary/aromatic N) is 3. The van der Waals surface area contributed by atoms with E-state index in [0.717, 1.165) is 36.8 Å². The zero-order valence-corrected chi connectivity index (χ0v) is 14.2. The minimum absolute atomic E-state index is 0.567. The molecule has 0 bridgehead atoms. The van der Waals surface area contributed by atoms with Gasteiger partial charge in [0.1, 0.15) is 0 Å². The number of hydrogen-bond donors (Lipinski definition) is 2. The molecule has 0 radical (unpaired) electrons. The molecule has 5 nitrogen and oxygen atoms in total. The maximum Gasteiger partial charge on any atom is 0.188 e. The lowest BCUT2D eigenvalue weighted by Gasteiger charge is -2.20. The Hall–Kier alpha value is -1.14. The van der Waals surface area contributed by atoms with Crippen LogP contribution in [0.4, 0.5) is 0 Å². The van der Waals surface area contributed by atoms with Gasteiger partial charge < -0.3 is 11.1 Å². The lowest BCUT2D eigenvalue weighted by Crippen LogP contribution is -2.36. The number of likely N-dealkylation sites (N-methyl/N-ethyl adjacent to an activating group) is 1. The standard InChI is InChI=1S/C15H27N5S/c1-4-20-9-5-6-13(20)10-18-15(16)17-8-7-14-11(2)19-12(3)21-14/h13H,4-10H2,1-3H3,(H3,16,17,18). The summed E-state index contributed by atoms with van der Waals surface area (Å²) in [5.41, 5.74) is 7.09. The third-order valence-corrected chi connectivity index (χ3v) is 5.17. The van der Waals surface area contributed by atoms with Crippen molar-refractivity contribution in [2.24, 2.45) is 10.7 Å². The first kappa shape index (κ1) is 16.2. The Bertz CT molecular complexity index is 482. The number of thiazole rings is 1. The molecule has 1 aliphatic heterocycles. The average molecular weight is 309 g/mol. The molecule has 1 aromatic rings. The van der Waals surface area contributed by atoms with E-state index in [1.807, 2.05) is 6.92 Å². The van der Waals surface area contributed by atoms with Crippen molar-refractivity contribution in [2.45, 2.75) is 46.1 Å². The topological polar surface area (TPSA) is 66.5 Å². The third kappa shape index (κ3) is 4.68. The van der Waals surface area contributed by atoms with Crippen molar-refractivity contribution in [2.75, 3.05) is 26.2 Å². The van der Waals surface area contributed by atoms with E-state index in [-0.39, 0.29) is 0 Å². The molecular weight excluding hydrogens is 282 g/mol. The van der Waals surface area contributed by atoms with E-state index in [1.54, 1.807) is 11.3 Å². The van der Waals surface area contributed by atoms with E-state index in [2.05, 4.69) is 34.0 Å². The molecule has 2 rings (SSSR count). The number of aliphatic imine (C=N–C) groups is 1. The zero-order valence-electron chi connectivity index (χ0n) is 13.4. The van der Waals surface area contributed by atoms with Gasteiger partial charge in [0.15, 0.2) is 5.96 Å². The van der Waals surface area contributed by atoms with Crippen LogP contribution in [0.2, 0.25) is 0 Å². The van der Waals surface area contributed by atoms with Crippen molar-refractivity contribution in [3.63, 3.8) is 0 Å². The highest BCUT2D eigenvalue weighted by Crippen LogP contribution is 2.17. The quantitative estimate of drug-likeness (QED) is 0.620. The van der Waals surface area contributed by atoms with E-state index in [9.17, 15) is 0 Å². The summed E-state index contributed by atoms with van der Waals surface area (Å²) in [5.74, 6) is 0.567. The Morgan fingerprint density at radius 1 is 1.52 bits per heavy atom. The molecule has 1 saturated heterocycles. The fourth-order valence-electron chi connectivity index (χ4n) is 2.89. The van der Waals surface area contributed by atoms with Gasteiger partial charge in [-0.05, 0) is 39.8 Å². The molecule has 0 saturated carbocycles. The molecule has 2 heterocycles. The highest BCUT2D eigenvalue weighted by Gasteiger charge is 2.22. The van der Waals surface area contributed by atoms with Crippen LogP contribution in [0.1, 0.15) is 35.3 Å². The van der Waals surface area contributed by atoms with E-state index >= 15 is 0 Å². The number of guanidine groups is 1. The monoisotopic (exact) mass is 309 g/mol. The van der Waals surface area contributed by atoms with Crippen LogP contribution in [0.15, 0.2) is 4.99 Å². The van der Waals surface area contributed by atoms with E-state index in [4.69, 9.17) is 5.73 Å². The molecule has 0 aliphatic carbocycles. The van der Waals surface area contributed by atoms with Crippen molar-refractivity contribution in [3.05, 3.63) is 15.6 Å². The van der Waals surface area contributed by atoms with Gasteiger partial charge in [-0.25, -0.2) is 4.98 Å². The molecule has 0 amide bonds. The molecule has 21 heavy (non-hydrogen) atoms. The van der Waals surface area contributed by atoms with Gasteiger partial charge in [0.25, 0.3) is 0 Å². The highest BCUT2D eigenvalue weighted by molar-refractivity contribution is 7.11. The average Bonchev–Trinajstić information content (AvgIpc) is 3.03. The Balaban J connectivity index is 1.72. The first-order valence-corrected chi connectivity index (χ1v) is 8.62. The minimum Gasteiger partial charge on any atom is -0.370 e. The molecule has 1 unspecified atom stereocenters. The van der Waals surface area contributed by atoms with Gasteiger partial charge in [0.2, 0.25) is 0 Å². The van der Waals surface area contributed by atoms with Gasteiger partial charge >= 0.3 is 0 Å². The SMILES string of the molecule is CCN1CCCC1CN=C(N)NCCc1sc(C)nc1C. The van der Waals surface area contributed by atoms with Crippen LogP contribution in [-0.4, -0.2) is 48.1 Å². The second-order valence-electron chi connectivity index (χ2n) is 5.57. The summed E-state index contributed by atoms with van der Waals surface area (Å²) in [7, 11) is 0. The number of aryl methyl sites for hydroxylation is 2. The van der Waals surface area contributed by atoms with Gasteiger partial charge in [-0.3, -0.25) is 9.89 Å². The summed E-state index contributed by atoms with van der Waals surface area (Å²) in [6.07, 6.45) is 3.48. The summed E-state index contributed by atoms with van der Waals surface area (Å²) in [4.78, 5) is 12.8. The fourth-order valence-corrected chi connectivity index (χ4v) is 3.82. The maximum absolute atomic E-state index is 5.95. The number of aromatic nitrogens is 1. The molecule has 1 aromatic heterocycles. The molecule has 6 heteroatoms. The predicted molar refractivity (Wildman–Crippen MR) is 90.1 cm³/mol. The van der Waals surface area contributed by atoms with Crippen molar-refractivity contribution >= 4 is 17.3 Å². The minimum atomic E-state index is 0.567. The molecule has 118 valence electrons. The third-order valence-electron chi connectivity index (χ3n) is 4.04. The molecule has 0 aromatic carbocycles. The molecule has 0 spiro atoms. The number of rotatable bonds is 6. The van der Waals surface area contributed by atoms with Crippen LogP contribution in [0.25, 0.3) is 0 Å². The van der Waals surface area contributed by atoms with E-state index in [1.165, 1.54) is 24.3 Å². The Labute approximate surface area is 131 Å². The van der Waals surface area contributed by atoms with Gasteiger partial charge in [-0.2, -0.15) is 0 Å². The van der Waals surface area contributed by atoms with Crippen molar-refractivity contribution in [3.8, 4) is 0 Å². The Morgan fingerprint density at radius 3 is 3.00 bits per heavy atom. The molecule has 1 aliphatic rings. The Kier molecular flexibility index (Phi) is 5.99. The summed E-state index contributed by atoms with van der Waals surface area (Å²) in [6, 6.07) is 0.571. The second-order valence-corrected chi connectivity index (χ2v) is 6.86. The van der Waals surface area contributed by atoms with Gasteiger partial charge in [-0.15, -0.1) is 11.3 Å². The van der Waals surface area contributed by atoms with E-state index < -0.39 is 0 Å². The molecule has 1 atom stereocenters. The van der Waals surface area contributed by atoms with Crippen molar-refractivity contribution < 1.29 is 0 Å². The van der Waals surface area contributed by atoms with E-state index in [0.29, 0.717) is 12.0 Å². The first-order chi connectivity index (χ1) is 10.1. The van der Waals surface area contributed by atoms with Crippen molar-refractivity contribution in [1.29, 1.82) is 0 Å². The number of nitrogens with two attached hydrogens (primary N) is 1. The zero-order chi connectivity index (χ0) is 15.2. The van der Waals surface area contributed by atoms with Crippen LogP contribution in [0, 0.1) is 13.8 Å². The van der Waals surface area contributed by atoms with Gasteiger partial charge in [0, 0.05) is 23.9 Å². The maximum atomic E-state index is 5.95. The van der Waals surface area contributed by atoms with Gasteiger partial charge in [0.05, 0.1) is 17.2 Å². The van der Waals surface area contributed by atoms with Crippen LogP contribution >= 0.6 is 11.3 Å². The Morgan fingerprint density at radius 2 is 2.33 bits per heavy atom. The summed E-state index contributed by atoms with van der Waals surface area (Å²) >= 11 is 1.76. The molecular formula is C15H27N5S. The lowest BCUT2D eigenvalue weighted by molar-refractivity contribution is 0.273. The highest BCUT2D eigenvalue weighted by atomic mass is 32.1. The summed E-state index contributed by atoms with van der Waals surface area (Å²) in [5, 5.41) is 4.34. The fraction of sp³-hybridized carbons (Fsp3) is 0.733. The predicted octanol–water partition coefficient (Wildman–Crippen LogP) is 1.69. The number of likely N-dealkylation sites (tertiary alicyclic amines) is 1. The van der Waals surface area contributed by atoms with Crippen molar-refractivity contribution in [1.82, 2.24) is 15.2 Å². The largest absolute Gasteiger partial charge is 0.370 e. The summed E-state index contributed by atoms with van der Waals surface area (Å²) < 4.78 is 0. The normalized spacial score (nSPS) is 20.1. The van der Waals surface area contributed by atoms with Crippen LogP contribution in [-0.2, 0) is 6.42 Å².